The lowest BCUT2D eigenvalue weighted by molar-refractivity contribution is 0.519. The van der Waals surface area contributed by atoms with Gasteiger partial charge in [-0.05, 0) is 33.8 Å². The van der Waals surface area contributed by atoms with Crippen LogP contribution in [0.5, 0.6) is 0 Å². The van der Waals surface area contributed by atoms with Gasteiger partial charge in [0.15, 0.2) is 5.82 Å². The fourth-order valence-electron chi connectivity index (χ4n) is 3.37. The third-order valence-corrected chi connectivity index (χ3v) is 4.72. The highest BCUT2D eigenvalue weighted by Crippen LogP contribution is 2.22. The van der Waals surface area contributed by atoms with Crippen LogP contribution >= 0.6 is 0 Å². The highest BCUT2D eigenvalue weighted by atomic mass is 15.4. The molecule has 1 aromatic carbocycles. The number of hydrogen-bond acceptors (Lipinski definition) is 4. The van der Waals surface area contributed by atoms with E-state index in [2.05, 4.69) is 58.7 Å². The summed E-state index contributed by atoms with van der Waals surface area (Å²) in [6, 6.07) is 14.4. The van der Waals surface area contributed by atoms with Gasteiger partial charge in [-0.1, -0.05) is 30.3 Å². The van der Waals surface area contributed by atoms with Gasteiger partial charge < -0.3 is 4.57 Å². The zero-order chi connectivity index (χ0) is 19.7. The van der Waals surface area contributed by atoms with E-state index in [1.54, 1.807) is 11.0 Å². The van der Waals surface area contributed by atoms with Crippen LogP contribution < -0.4 is 0 Å². The molecule has 0 aliphatic carbocycles. The van der Waals surface area contributed by atoms with E-state index < -0.39 is 0 Å². The van der Waals surface area contributed by atoms with Crippen LogP contribution in [0.4, 0.5) is 0 Å². The third kappa shape index (κ3) is 3.15. The fraction of sp³-hybridized carbons (Fsp3) is 0.238. The average molecular weight is 373 g/mol. The van der Waals surface area contributed by atoms with E-state index in [-0.39, 0.29) is 6.04 Å². The lowest BCUT2D eigenvalue weighted by Crippen LogP contribution is -2.11. The lowest BCUT2D eigenvalue weighted by Gasteiger charge is -2.15. The zero-order valence-electron chi connectivity index (χ0n) is 16.5. The molecule has 0 bridgehead atoms. The third-order valence-electron chi connectivity index (χ3n) is 4.72. The first-order chi connectivity index (χ1) is 13.6. The highest BCUT2D eigenvalue weighted by Gasteiger charge is 2.15. The molecule has 0 saturated heterocycles. The Morgan fingerprint density at radius 1 is 1.07 bits per heavy atom. The second-order valence-electron chi connectivity index (χ2n) is 7.00. The van der Waals surface area contributed by atoms with Gasteiger partial charge in [0, 0.05) is 34.6 Å². The molecule has 0 radical (unpaired) electrons. The van der Waals surface area contributed by atoms with Crippen LogP contribution in [0.25, 0.3) is 17.2 Å². The number of nitrogens with zero attached hydrogens (tertiary/aromatic N) is 7. The van der Waals surface area contributed by atoms with Crippen LogP contribution in [0, 0.1) is 13.8 Å². The summed E-state index contributed by atoms with van der Waals surface area (Å²) in [7, 11) is 0. The van der Waals surface area contributed by atoms with Gasteiger partial charge in [-0.15, -0.1) is 10.2 Å². The van der Waals surface area contributed by atoms with Crippen molar-refractivity contribution in [3.8, 4) is 17.2 Å². The molecule has 0 aliphatic rings. The predicted octanol–water partition coefficient (Wildman–Crippen LogP) is 4.01. The second-order valence-corrected chi connectivity index (χ2v) is 7.00. The molecule has 0 atom stereocenters. The number of aromatic nitrogens is 6. The Labute approximate surface area is 164 Å². The van der Waals surface area contributed by atoms with E-state index in [0.29, 0.717) is 5.82 Å². The van der Waals surface area contributed by atoms with E-state index in [1.807, 2.05) is 53.5 Å². The molecular weight excluding hydrogens is 350 g/mol. The van der Waals surface area contributed by atoms with Crippen LogP contribution in [0.3, 0.4) is 0 Å². The van der Waals surface area contributed by atoms with E-state index in [4.69, 9.17) is 0 Å². The van der Waals surface area contributed by atoms with Crippen molar-refractivity contribution >= 4 is 6.21 Å². The summed E-state index contributed by atoms with van der Waals surface area (Å²) < 4.78 is 5.92. The quantitative estimate of drug-likeness (QED) is 0.497. The molecule has 0 N–H and O–H groups in total. The predicted molar refractivity (Wildman–Crippen MR) is 110 cm³/mol. The van der Waals surface area contributed by atoms with Crippen molar-refractivity contribution in [2.75, 3.05) is 0 Å². The van der Waals surface area contributed by atoms with Gasteiger partial charge in [0.25, 0.3) is 0 Å². The summed E-state index contributed by atoms with van der Waals surface area (Å²) in [6.07, 6.45) is 5.31. The number of benzene rings is 1. The minimum Gasteiger partial charge on any atom is -0.303 e. The van der Waals surface area contributed by atoms with Crippen LogP contribution in [-0.4, -0.2) is 35.4 Å². The van der Waals surface area contributed by atoms with Crippen LogP contribution in [-0.2, 0) is 0 Å². The molecule has 0 aliphatic heterocycles. The standard InChI is InChI=1S/C21H23N7/c1-15(2)28-20(10-11-23-28)27-16(3)12-19(17(27)4)13-24-26-14-22-25-21(26)18-8-6-5-7-9-18/h5-15H,1-4H3/b24-13-. The maximum atomic E-state index is 4.60. The van der Waals surface area contributed by atoms with Gasteiger partial charge in [0.1, 0.15) is 12.1 Å². The summed E-state index contributed by atoms with van der Waals surface area (Å²) >= 11 is 0. The molecule has 7 nitrogen and oxygen atoms in total. The van der Waals surface area contributed by atoms with Gasteiger partial charge >= 0.3 is 0 Å². The summed E-state index contributed by atoms with van der Waals surface area (Å²) in [5, 5.41) is 17.3. The minimum atomic E-state index is 0.286. The van der Waals surface area contributed by atoms with Gasteiger partial charge in [-0.25, -0.2) is 4.68 Å². The van der Waals surface area contributed by atoms with E-state index in [9.17, 15) is 0 Å². The summed E-state index contributed by atoms with van der Waals surface area (Å²) in [6.45, 7) is 8.45. The zero-order valence-corrected chi connectivity index (χ0v) is 16.5. The van der Waals surface area contributed by atoms with Gasteiger partial charge in [-0.3, -0.25) is 0 Å². The molecule has 3 aromatic heterocycles. The Morgan fingerprint density at radius 2 is 1.86 bits per heavy atom. The molecule has 4 aromatic rings. The first kappa shape index (κ1) is 17.9. The monoisotopic (exact) mass is 373 g/mol. The van der Waals surface area contributed by atoms with Crippen LogP contribution in [0.2, 0.25) is 0 Å². The maximum Gasteiger partial charge on any atom is 0.184 e. The maximum absolute atomic E-state index is 4.60. The Hall–Kier alpha value is -3.48. The minimum absolute atomic E-state index is 0.286. The summed E-state index contributed by atoms with van der Waals surface area (Å²) in [5.41, 5.74) is 4.26. The SMILES string of the molecule is Cc1cc(/C=N\n2cnnc2-c2ccccc2)c(C)n1-c1ccnn1C(C)C. The van der Waals surface area contributed by atoms with Crippen molar-refractivity contribution in [3.63, 3.8) is 0 Å². The smallest absolute Gasteiger partial charge is 0.184 e. The largest absolute Gasteiger partial charge is 0.303 e. The Bertz CT molecular complexity index is 1110. The van der Waals surface area contributed by atoms with Gasteiger partial charge in [-0.2, -0.15) is 14.9 Å². The number of rotatable bonds is 5. The molecule has 142 valence electrons. The molecule has 0 fully saturated rings. The Kier molecular flexibility index (Phi) is 4.65. The number of hydrogen-bond donors (Lipinski definition) is 0. The fourth-order valence-corrected chi connectivity index (χ4v) is 3.37. The first-order valence-electron chi connectivity index (χ1n) is 9.29. The highest BCUT2D eigenvalue weighted by molar-refractivity contribution is 5.82. The molecule has 28 heavy (non-hydrogen) atoms. The normalized spacial score (nSPS) is 11.8. The average Bonchev–Trinajstić information content (AvgIpc) is 3.40. The Morgan fingerprint density at radius 3 is 2.61 bits per heavy atom. The molecule has 0 unspecified atom stereocenters. The van der Waals surface area contributed by atoms with Crippen molar-refractivity contribution < 1.29 is 0 Å². The van der Waals surface area contributed by atoms with Gasteiger partial charge in [0.2, 0.25) is 0 Å². The van der Waals surface area contributed by atoms with Crippen molar-refractivity contribution in [1.82, 2.24) is 29.2 Å². The summed E-state index contributed by atoms with van der Waals surface area (Å²) in [4.78, 5) is 0. The van der Waals surface area contributed by atoms with E-state index >= 15 is 0 Å². The molecule has 7 heteroatoms. The molecule has 0 saturated carbocycles. The topological polar surface area (TPSA) is 65.8 Å². The van der Waals surface area contributed by atoms with Crippen LogP contribution in [0.1, 0.15) is 36.8 Å². The summed E-state index contributed by atoms with van der Waals surface area (Å²) in [5.74, 6) is 1.77. The number of aryl methyl sites for hydroxylation is 1. The van der Waals surface area contributed by atoms with Crippen molar-refractivity contribution in [3.05, 3.63) is 71.9 Å². The Balaban J connectivity index is 1.70. The van der Waals surface area contributed by atoms with Crippen molar-refractivity contribution in [2.45, 2.75) is 33.7 Å². The van der Waals surface area contributed by atoms with E-state index in [1.165, 1.54) is 0 Å². The first-order valence-corrected chi connectivity index (χ1v) is 9.29. The second kappa shape index (κ2) is 7.26. The van der Waals surface area contributed by atoms with Gasteiger partial charge in [0.05, 0.1) is 12.4 Å². The molecular formula is C21H23N7. The van der Waals surface area contributed by atoms with E-state index in [0.717, 1.165) is 28.3 Å². The molecule has 3 heterocycles. The van der Waals surface area contributed by atoms with Crippen molar-refractivity contribution in [2.24, 2.45) is 5.10 Å². The van der Waals surface area contributed by atoms with Crippen LogP contribution in [0.15, 0.2) is 60.1 Å². The lowest BCUT2D eigenvalue weighted by atomic mass is 10.2. The molecule has 0 spiro atoms. The molecule has 0 amide bonds. The van der Waals surface area contributed by atoms with Crippen molar-refractivity contribution in [1.29, 1.82) is 0 Å². The molecule has 4 rings (SSSR count).